The Labute approximate surface area is 116 Å². The first kappa shape index (κ1) is 13.8. The molecule has 1 aromatic rings. The third-order valence-electron chi connectivity index (χ3n) is 3.13. The number of halogens is 1. The van der Waals surface area contributed by atoms with Crippen molar-refractivity contribution in [3.05, 3.63) is 28.8 Å². The Morgan fingerprint density at radius 3 is 2.84 bits per heavy atom. The van der Waals surface area contributed by atoms with Gasteiger partial charge in [-0.1, -0.05) is 11.6 Å². The fourth-order valence-corrected chi connectivity index (χ4v) is 2.33. The molecule has 0 aliphatic carbocycles. The number of carbonyl (C=O) groups excluding carboxylic acids is 1. The zero-order chi connectivity index (χ0) is 13.8. The number of anilines is 1. The monoisotopic (exact) mass is 282 g/mol. The van der Waals surface area contributed by atoms with Gasteiger partial charge in [0.05, 0.1) is 16.3 Å². The molecule has 1 aromatic carbocycles. The third kappa shape index (κ3) is 3.68. The van der Waals surface area contributed by atoms with Gasteiger partial charge in [0.2, 0.25) is 5.91 Å². The smallest absolute Gasteiger partial charge is 0.335 e. The SMILES string of the molecule is O=C(CC1CCNC1)Nc1ccc(C(=O)O)cc1Cl. The molecule has 0 aromatic heterocycles. The normalized spacial score (nSPS) is 18.3. The summed E-state index contributed by atoms with van der Waals surface area (Å²) in [5.74, 6) is -0.785. The van der Waals surface area contributed by atoms with Crippen LogP contribution in [0.2, 0.25) is 5.02 Å². The maximum Gasteiger partial charge on any atom is 0.335 e. The second-order valence-electron chi connectivity index (χ2n) is 4.61. The number of hydrogen-bond acceptors (Lipinski definition) is 3. The fourth-order valence-electron chi connectivity index (χ4n) is 2.10. The van der Waals surface area contributed by atoms with Crippen LogP contribution in [0, 0.1) is 5.92 Å². The fraction of sp³-hybridized carbons (Fsp3) is 0.385. The van der Waals surface area contributed by atoms with E-state index >= 15 is 0 Å². The molecular formula is C13H15ClN2O3. The van der Waals surface area contributed by atoms with Crippen molar-refractivity contribution < 1.29 is 14.7 Å². The van der Waals surface area contributed by atoms with Gasteiger partial charge < -0.3 is 15.7 Å². The van der Waals surface area contributed by atoms with Gasteiger partial charge in [-0.05, 0) is 43.6 Å². The molecule has 0 bridgehead atoms. The third-order valence-corrected chi connectivity index (χ3v) is 3.44. The van der Waals surface area contributed by atoms with Crippen LogP contribution in [-0.4, -0.2) is 30.1 Å². The summed E-state index contributed by atoms with van der Waals surface area (Å²) in [5, 5.41) is 15.0. The molecule has 102 valence electrons. The van der Waals surface area contributed by atoms with Gasteiger partial charge in [0.25, 0.3) is 0 Å². The van der Waals surface area contributed by atoms with E-state index in [1.807, 2.05) is 0 Å². The molecule has 1 atom stereocenters. The maximum absolute atomic E-state index is 11.8. The number of carbonyl (C=O) groups is 2. The Morgan fingerprint density at radius 1 is 1.47 bits per heavy atom. The van der Waals surface area contributed by atoms with Crippen molar-refractivity contribution in [2.24, 2.45) is 5.92 Å². The minimum Gasteiger partial charge on any atom is -0.478 e. The topological polar surface area (TPSA) is 78.4 Å². The zero-order valence-electron chi connectivity index (χ0n) is 10.3. The number of rotatable bonds is 4. The minimum absolute atomic E-state index is 0.0984. The van der Waals surface area contributed by atoms with Gasteiger partial charge in [0, 0.05) is 6.42 Å². The van der Waals surface area contributed by atoms with E-state index in [4.69, 9.17) is 16.7 Å². The summed E-state index contributed by atoms with van der Waals surface area (Å²) in [6.45, 7) is 1.81. The van der Waals surface area contributed by atoms with Gasteiger partial charge in [0.1, 0.15) is 0 Å². The molecule has 1 fully saturated rings. The summed E-state index contributed by atoms with van der Waals surface area (Å²) >= 11 is 5.94. The molecule has 1 unspecified atom stereocenters. The molecule has 1 aliphatic heterocycles. The van der Waals surface area contributed by atoms with Crippen LogP contribution in [-0.2, 0) is 4.79 Å². The lowest BCUT2D eigenvalue weighted by Gasteiger charge is -2.10. The second kappa shape index (κ2) is 6.04. The highest BCUT2D eigenvalue weighted by atomic mass is 35.5. The Kier molecular flexibility index (Phi) is 4.39. The molecule has 0 spiro atoms. The number of nitrogens with one attached hydrogen (secondary N) is 2. The molecule has 2 rings (SSSR count). The molecule has 0 saturated carbocycles. The summed E-state index contributed by atoms with van der Waals surface area (Å²) in [7, 11) is 0. The summed E-state index contributed by atoms with van der Waals surface area (Å²) in [6, 6.07) is 4.26. The van der Waals surface area contributed by atoms with E-state index in [2.05, 4.69) is 10.6 Å². The van der Waals surface area contributed by atoms with E-state index in [1.54, 1.807) is 0 Å². The highest BCUT2D eigenvalue weighted by Gasteiger charge is 2.18. The first-order valence-corrected chi connectivity index (χ1v) is 6.47. The van der Waals surface area contributed by atoms with Gasteiger partial charge in [-0.15, -0.1) is 0 Å². The minimum atomic E-state index is -1.04. The largest absolute Gasteiger partial charge is 0.478 e. The Hall–Kier alpha value is -1.59. The van der Waals surface area contributed by atoms with Crippen LogP contribution < -0.4 is 10.6 Å². The summed E-state index contributed by atoms with van der Waals surface area (Å²) in [6.07, 6.45) is 1.45. The van der Waals surface area contributed by atoms with Crippen molar-refractivity contribution in [1.29, 1.82) is 0 Å². The quantitative estimate of drug-likeness (QED) is 0.789. The van der Waals surface area contributed by atoms with Gasteiger partial charge >= 0.3 is 5.97 Å². The van der Waals surface area contributed by atoms with Gasteiger partial charge in [0.15, 0.2) is 0 Å². The van der Waals surface area contributed by atoms with Crippen molar-refractivity contribution in [2.75, 3.05) is 18.4 Å². The van der Waals surface area contributed by atoms with Crippen LogP contribution in [0.25, 0.3) is 0 Å². The van der Waals surface area contributed by atoms with Crippen molar-refractivity contribution in [3.8, 4) is 0 Å². The van der Waals surface area contributed by atoms with E-state index in [-0.39, 0.29) is 16.5 Å². The number of carboxylic acid groups (broad SMARTS) is 1. The molecule has 5 nitrogen and oxygen atoms in total. The van der Waals surface area contributed by atoms with E-state index in [0.29, 0.717) is 18.0 Å². The highest BCUT2D eigenvalue weighted by molar-refractivity contribution is 6.34. The lowest BCUT2D eigenvalue weighted by molar-refractivity contribution is -0.116. The van der Waals surface area contributed by atoms with E-state index in [9.17, 15) is 9.59 Å². The number of hydrogen-bond donors (Lipinski definition) is 3. The lowest BCUT2D eigenvalue weighted by atomic mass is 10.0. The predicted molar refractivity (Wildman–Crippen MR) is 72.6 cm³/mol. The molecule has 19 heavy (non-hydrogen) atoms. The van der Waals surface area contributed by atoms with Crippen LogP contribution in [0.5, 0.6) is 0 Å². The van der Waals surface area contributed by atoms with Gasteiger partial charge in [-0.25, -0.2) is 4.79 Å². The maximum atomic E-state index is 11.8. The molecule has 1 amide bonds. The van der Waals surface area contributed by atoms with Crippen molar-refractivity contribution in [3.63, 3.8) is 0 Å². The van der Waals surface area contributed by atoms with E-state index < -0.39 is 5.97 Å². The van der Waals surface area contributed by atoms with Gasteiger partial charge in [-0.2, -0.15) is 0 Å². The zero-order valence-corrected chi connectivity index (χ0v) is 11.0. The van der Waals surface area contributed by atoms with Crippen molar-refractivity contribution in [2.45, 2.75) is 12.8 Å². The Balaban J connectivity index is 1.98. The molecule has 1 saturated heterocycles. The second-order valence-corrected chi connectivity index (χ2v) is 5.02. The summed E-state index contributed by atoms with van der Waals surface area (Å²) in [5.41, 5.74) is 0.547. The lowest BCUT2D eigenvalue weighted by Crippen LogP contribution is -2.18. The first-order chi connectivity index (χ1) is 9.06. The molecule has 1 heterocycles. The standard InChI is InChI=1S/C13H15ClN2O3/c14-10-6-9(13(18)19)1-2-11(10)16-12(17)5-8-3-4-15-7-8/h1-2,6,8,15H,3-5,7H2,(H,16,17)(H,18,19). The van der Waals surface area contributed by atoms with Crippen molar-refractivity contribution >= 4 is 29.2 Å². The number of benzene rings is 1. The molecule has 6 heteroatoms. The van der Waals surface area contributed by atoms with E-state index in [0.717, 1.165) is 19.5 Å². The Morgan fingerprint density at radius 2 is 2.26 bits per heavy atom. The number of amides is 1. The Bertz CT molecular complexity index is 499. The number of carboxylic acids is 1. The molecular weight excluding hydrogens is 268 g/mol. The first-order valence-electron chi connectivity index (χ1n) is 6.09. The van der Waals surface area contributed by atoms with Crippen LogP contribution in [0.1, 0.15) is 23.2 Å². The van der Waals surface area contributed by atoms with E-state index in [1.165, 1.54) is 18.2 Å². The van der Waals surface area contributed by atoms with Crippen LogP contribution in [0.4, 0.5) is 5.69 Å². The highest BCUT2D eigenvalue weighted by Crippen LogP contribution is 2.24. The molecule has 0 radical (unpaired) electrons. The molecule has 1 aliphatic rings. The average molecular weight is 283 g/mol. The average Bonchev–Trinajstić information content (AvgIpc) is 2.84. The van der Waals surface area contributed by atoms with Crippen LogP contribution in [0.3, 0.4) is 0 Å². The van der Waals surface area contributed by atoms with Gasteiger partial charge in [-0.3, -0.25) is 4.79 Å². The van der Waals surface area contributed by atoms with Crippen LogP contribution >= 0.6 is 11.6 Å². The molecule has 3 N–H and O–H groups in total. The summed E-state index contributed by atoms with van der Waals surface area (Å²) in [4.78, 5) is 22.6. The predicted octanol–water partition coefficient (Wildman–Crippen LogP) is 1.98. The number of aromatic carboxylic acids is 1. The van der Waals surface area contributed by atoms with Crippen LogP contribution in [0.15, 0.2) is 18.2 Å². The summed E-state index contributed by atoms with van der Waals surface area (Å²) < 4.78 is 0. The van der Waals surface area contributed by atoms with Crippen molar-refractivity contribution in [1.82, 2.24) is 5.32 Å².